The van der Waals surface area contributed by atoms with Crippen molar-refractivity contribution >= 4 is 5.69 Å². The second-order valence-corrected chi connectivity index (χ2v) is 4.93. The zero-order valence-electron chi connectivity index (χ0n) is 11.1. The van der Waals surface area contributed by atoms with Crippen molar-refractivity contribution in [3.63, 3.8) is 0 Å². The lowest BCUT2D eigenvalue weighted by Gasteiger charge is -2.25. The number of fused-ring (bicyclic) bond motifs is 1. The standard InChI is InChI=1S/C15H14F3NO2/c16-15(17,18)21-14-6-2-1-4-12(14)19-11-5-3-7-13-10(11)8-9-20-13/h1-2,4,6,8-9,11,19H,3,5,7H2. The largest absolute Gasteiger partial charge is 0.573 e. The van der Waals surface area contributed by atoms with Crippen molar-refractivity contribution in [3.8, 4) is 5.75 Å². The molecule has 0 saturated carbocycles. The number of rotatable bonds is 3. The Morgan fingerprint density at radius 3 is 2.81 bits per heavy atom. The molecule has 1 aliphatic carbocycles. The molecule has 3 rings (SSSR count). The molecule has 1 unspecified atom stereocenters. The molecule has 112 valence electrons. The number of furan rings is 1. The van der Waals surface area contributed by atoms with Gasteiger partial charge in [-0.2, -0.15) is 0 Å². The molecule has 0 bridgehead atoms. The topological polar surface area (TPSA) is 34.4 Å². The van der Waals surface area contributed by atoms with Crippen molar-refractivity contribution < 1.29 is 22.3 Å². The average Bonchev–Trinajstić information content (AvgIpc) is 2.89. The summed E-state index contributed by atoms with van der Waals surface area (Å²) in [4.78, 5) is 0. The number of halogens is 3. The minimum Gasteiger partial charge on any atom is -0.469 e. The Kier molecular flexibility index (Phi) is 3.53. The molecule has 0 amide bonds. The third-order valence-electron chi connectivity index (χ3n) is 3.49. The van der Waals surface area contributed by atoms with E-state index >= 15 is 0 Å². The van der Waals surface area contributed by atoms with Crippen molar-refractivity contribution in [1.29, 1.82) is 0 Å². The SMILES string of the molecule is FC(F)(F)Oc1ccccc1NC1CCCc2occc21. The molecule has 1 heterocycles. The highest BCUT2D eigenvalue weighted by molar-refractivity contribution is 5.57. The molecule has 0 radical (unpaired) electrons. The first-order valence-corrected chi connectivity index (χ1v) is 6.70. The van der Waals surface area contributed by atoms with Crippen LogP contribution in [-0.2, 0) is 6.42 Å². The van der Waals surface area contributed by atoms with Crippen molar-refractivity contribution in [2.75, 3.05) is 5.32 Å². The lowest BCUT2D eigenvalue weighted by atomic mass is 9.93. The van der Waals surface area contributed by atoms with E-state index in [1.54, 1.807) is 18.4 Å². The third kappa shape index (κ3) is 3.15. The number of alkyl halides is 3. The van der Waals surface area contributed by atoms with E-state index < -0.39 is 6.36 Å². The number of hydrogen-bond donors (Lipinski definition) is 1. The molecular weight excluding hydrogens is 283 g/mol. The summed E-state index contributed by atoms with van der Waals surface area (Å²) in [7, 11) is 0. The predicted molar refractivity (Wildman–Crippen MR) is 71.1 cm³/mol. The number of para-hydroxylation sites is 2. The molecule has 0 spiro atoms. The molecule has 1 aromatic heterocycles. The highest BCUT2D eigenvalue weighted by Gasteiger charge is 2.32. The Morgan fingerprint density at radius 1 is 1.19 bits per heavy atom. The molecule has 1 aromatic carbocycles. The van der Waals surface area contributed by atoms with Gasteiger partial charge >= 0.3 is 6.36 Å². The van der Waals surface area contributed by atoms with Crippen molar-refractivity contribution in [1.82, 2.24) is 0 Å². The van der Waals surface area contributed by atoms with Gasteiger partial charge in [0.1, 0.15) is 5.76 Å². The van der Waals surface area contributed by atoms with Crippen LogP contribution in [-0.4, -0.2) is 6.36 Å². The van der Waals surface area contributed by atoms with Crippen LogP contribution in [0.4, 0.5) is 18.9 Å². The van der Waals surface area contributed by atoms with E-state index in [1.807, 2.05) is 6.07 Å². The first-order chi connectivity index (χ1) is 10.0. The quantitative estimate of drug-likeness (QED) is 0.894. The zero-order valence-corrected chi connectivity index (χ0v) is 11.1. The Bertz CT molecular complexity index is 621. The molecular formula is C15H14F3NO2. The molecule has 3 nitrogen and oxygen atoms in total. The van der Waals surface area contributed by atoms with Crippen LogP contribution in [0.2, 0.25) is 0 Å². The first-order valence-electron chi connectivity index (χ1n) is 6.70. The molecule has 0 aliphatic heterocycles. The summed E-state index contributed by atoms with van der Waals surface area (Å²) in [6, 6.07) is 7.86. The monoisotopic (exact) mass is 297 g/mol. The Labute approximate surface area is 119 Å². The number of aryl methyl sites for hydroxylation is 1. The fourth-order valence-corrected chi connectivity index (χ4v) is 2.62. The fourth-order valence-electron chi connectivity index (χ4n) is 2.62. The number of hydrogen-bond acceptors (Lipinski definition) is 3. The van der Waals surface area contributed by atoms with Crippen LogP contribution < -0.4 is 10.1 Å². The maximum atomic E-state index is 12.4. The van der Waals surface area contributed by atoms with Gasteiger partial charge < -0.3 is 14.5 Å². The van der Waals surface area contributed by atoms with E-state index in [0.29, 0.717) is 5.69 Å². The van der Waals surface area contributed by atoms with E-state index in [0.717, 1.165) is 30.6 Å². The van der Waals surface area contributed by atoms with Gasteiger partial charge in [0.15, 0.2) is 5.75 Å². The summed E-state index contributed by atoms with van der Waals surface area (Å²) >= 11 is 0. The smallest absolute Gasteiger partial charge is 0.469 e. The normalized spacial score (nSPS) is 18.1. The van der Waals surface area contributed by atoms with Crippen LogP contribution in [0.5, 0.6) is 5.75 Å². The van der Waals surface area contributed by atoms with Gasteiger partial charge in [0, 0.05) is 12.0 Å². The maximum absolute atomic E-state index is 12.4. The van der Waals surface area contributed by atoms with E-state index in [2.05, 4.69) is 10.1 Å². The lowest BCUT2D eigenvalue weighted by Crippen LogP contribution is -2.20. The van der Waals surface area contributed by atoms with Crippen LogP contribution in [0, 0.1) is 0 Å². The molecule has 0 fully saturated rings. The van der Waals surface area contributed by atoms with E-state index in [1.165, 1.54) is 12.1 Å². The molecule has 21 heavy (non-hydrogen) atoms. The summed E-state index contributed by atoms with van der Waals surface area (Å²) in [6.45, 7) is 0. The van der Waals surface area contributed by atoms with Gasteiger partial charge in [-0.05, 0) is 31.0 Å². The second kappa shape index (κ2) is 5.35. The lowest BCUT2D eigenvalue weighted by molar-refractivity contribution is -0.274. The third-order valence-corrected chi connectivity index (χ3v) is 3.49. The summed E-state index contributed by atoms with van der Waals surface area (Å²) in [5.74, 6) is 0.675. The predicted octanol–water partition coefficient (Wildman–Crippen LogP) is 4.67. The van der Waals surface area contributed by atoms with Crippen LogP contribution in [0.15, 0.2) is 41.0 Å². The van der Waals surface area contributed by atoms with Crippen molar-refractivity contribution in [2.24, 2.45) is 0 Å². The highest BCUT2D eigenvalue weighted by atomic mass is 19.4. The Balaban J connectivity index is 1.83. The molecule has 2 aromatic rings. The molecule has 1 N–H and O–H groups in total. The van der Waals surface area contributed by atoms with Crippen molar-refractivity contribution in [2.45, 2.75) is 31.7 Å². The Morgan fingerprint density at radius 2 is 2.00 bits per heavy atom. The van der Waals surface area contributed by atoms with Gasteiger partial charge in [-0.3, -0.25) is 0 Å². The summed E-state index contributed by atoms with van der Waals surface area (Å²) in [5, 5.41) is 3.13. The molecule has 1 aliphatic rings. The highest BCUT2D eigenvalue weighted by Crippen LogP contribution is 2.37. The minimum atomic E-state index is -4.70. The summed E-state index contributed by atoms with van der Waals surface area (Å²) < 4.78 is 46.7. The van der Waals surface area contributed by atoms with Crippen LogP contribution in [0.25, 0.3) is 0 Å². The number of anilines is 1. The van der Waals surface area contributed by atoms with Gasteiger partial charge in [0.05, 0.1) is 18.0 Å². The Hall–Kier alpha value is -2.11. The average molecular weight is 297 g/mol. The van der Waals surface area contributed by atoms with Crippen LogP contribution in [0.3, 0.4) is 0 Å². The van der Waals surface area contributed by atoms with Crippen molar-refractivity contribution in [3.05, 3.63) is 47.9 Å². The molecule has 6 heteroatoms. The van der Waals surface area contributed by atoms with Crippen LogP contribution >= 0.6 is 0 Å². The number of benzene rings is 1. The van der Waals surface area contributed by atoms with Gasteiger partial charge in [0.2, 0.25) is 0 Å². The zero-order chi connectivity index (χ0) is 14.9. The van der Waals surface area contributed by atoms with Gasteiger partial charge in [-0.15, -0.1) is 13.2 Å². The fraction of sp³-hybridized carbons (Fsp3) is 0.333. The van der Waals surface area contributed by atoms with Gasteiger partial charge in [-0.1, -0.05) is 12.1 Å². The maximum Gasteiger partial charge on any atom is 0.573 e. The second-order valence-electron chi connectivity index (χ2n) is 4.93. The summed E-state index contributed by atoms with van der Waals surface area (Å²) in [6.07, 6.45) is -0.456. The molecule has 0 saturated heterocycles. The van der Waals surface area contributed by atoms with Gasteiger partial charge in [0.25, 0.3) is 0 Å². The van der Waals surface area contributed by atoms with E-state index in [9.17, 15) is 13.2 Å². The number of ether oxygens (including phenoxy) is 1. The van der Waals surface area contributed by atoms with E-state index in [-0.39, 0.29) is 11.8 Å². The molecule has 1 atom stereocenters. The van der Waals surface area contributed by atoms with E-state index in [4.69, 9.17) is 4.42 Å². The number of nitrogens with one attached hydrogen (secondary N) is 1. The van der Waals surface area contributed by atoms with Gasteiger partial charge in [-0.25, -0.2) is 0 Å². The first kappa shape index (κ1) is 13.9. The summed E-state index contributed by atoms with van der Waals surface area (Å²) in [5.41, 5.74) is 1.33. The minimum absolute atomic E-state index is 0.0644. The van der Waals surface area contributed by atoms with Crippen LogP contribution in [0.1, 0.15) is 30.2 Å².